The number of nitrogens with one attached hydrogen (secondary N) is 1. The van der Waals surface area contributed by atoms with E-state index in [-0.39, 0.29) is 49.6 Å². The molecule has 2 heterocycles. The Labute approximate surface area is 175 Å². The minimum atomic E-state index is -0.633. The Morgan fingerprint density at radius 3 is 2.70 bits per heavy atom. The van der Waals surface area contributed by atoms with Crippen molar-refractivity contribution >= 4 is 23.2 Å². The summed E-state index contributed by atoms with van der Waals surface area (Å²) < 4.78 is 19.1. The van der Waals surface area contributed by atoms with Crippen molar-refractivity contribution in [2.75, 3.05) is 13.1 Å². The zero-order valence-electron chi connectivity index (χ0n) is 16.3. The number of likely N-dealkylation sites (N-methyl/N-ethyl adjacent to an activating group) is 1. The molecule has 1 aromatic carbocycles. The molecule has 0 aliphatic rings. The molecule has 0 saturated carbocycles. The number of aryl methyl sites for hydroxylation is 1. The molecule has 0 spiro atoms. The second-order valence-electron chi connectivity index (χ2n) is 6.43. The number of aromatic nitrogens is 2. The summed E-state index contributed by atoms with van der Waals surface area (Å²) in [5.41, 5.74) is 0.756. The molecule has 30 heavy (non-hydrogen) atoms. The van der Waals surface area contributed by atoms with Gasteiger partial charge in [0.2, 0.25) is 11.8 Å². The lowest BCUT2D eigenvalue weighted by molar-refractivity contribution is -0.136. The predicted octanol–water partition coefficient (Wildman–Crippen LogP) is 2.26. The lowest BCUT2D eigenvalue weighted by atomic mass is 10.2. The molecule has 3 rings (SSSR count). The van der Waals surface area contributed by atoms with Crippen molar-refractivity contribution in [3.63, 3.8) is 0 Å². The molecule has 3 aromatic rings. The summed E-state index contributed by atoms with van der Waals surface area (Å²) in [6.07, 6.45) is 0.00933. The molecule has 158 valence electrons. The number of benzene rings is 1. The fourth-order valence-electron chi connectivity index (χ4n) is 2.72. The predicted molar refractivity (Wildman–Crippen MR) is 109 cm³/mol. The quantitative estimate of drug-likeness (QED) is 0.559. The molecule has 0 aliphatic heterocycles. The first kappa shape index (κ1) is 21.4. The average molecular weight is 432 g/mol. The Kier molecular flexibility index (Phi) is 7.12. The number of hydrogen-bond donors (Lipinski definition) is 1. The molecule has 0 saturated heterocycles. The van der Waals surface area contributed by atoms with E-state index in [9.17, 15) is 18.8 Å². The molecule has 0 aliphatic carbocycles. The first-order valence-corrected chi connectivity index (χ1v) is 10.2. The molecule has 0 bridgehead atoms. The summed E-state index contributed by atoms with van der Waals surface area (Å²) in [7, 11) is 0. The summed E-state index contributed by atoms with van der Waals surface area (Å²) in [5, 5.41) is 8.66. The van der Waals surface area contributed by atoms with Crippen LogP contribution in [0.3, 0.4) is 0 Å². The van der Waals surface area contributed by atoms with Crippen LogP contribution in [-0.2, 0) is 22.7 Å². The van der Waals surface area contributed by atoms with Crippen molar-refractivity contribution in [1.82, 2.24) is 20.0 Å². The number of rotatable bonds is 9. The second-order valence-corrected chi connectivity index (χ2v) is 7.38. The van der Waals surface area contributed by atoms with Gasteiger partial charge >= 0.3 is 5.76 Å². The molecule has 0 fully saturated rings. The topological polar surface area (TPSA) is 97.4 Å². The molecule has 2 aromatic heterocycles. The van der Waals surface area contributed by atoms with Crippen LogP contribution in [0.15, 0.2) is 51.0 Å². The van der Waals surface area contributed by atoms with Crippen molar-refractivity contribution in [3.05, 3.63) is 63.7 Å². The number of carbonyl (C=O) groups is 2. The van der Waals surface area contributed by atoms with Crippen LogP contribution in [-0.4, -0.2) is 39.6 Å². The first-order valence-electron chi connectivity index (χ1n) is 9.37. The Bertz CT molecular complexity index is 1040. The van der Waals surface area contributed by atoms with Crippen LogP contribution in [0.1, 0.15) is 18.9 Å². The third kappa shape index (κ3) is 5.63. The second kappa shape index (κ2) is 9.97. The van der Waals surface area contributed by atoms with Crippen molar-refractivity contribution < 1.29 is 18.4 Å². The number of carbonyl (C=O) groups excluding carboxylic acids is 2. The van der Waals surface area contributed by atoms with Crippen LogP contribution >= 0.6 is 11.3 Å². The maximum absolute atomic E-state index is 12.9. The number of halogens is 1. The molecular formula is C20H21FN4O4S. The van der Waals surface area contributed by atoms with E-state index in [0.717, 1.165) is 15.1 Å². The monoisotopic (exact) mass is 432 g/mol. The average Bonchev–Trinajstić information content (AvgIpc) is 3.39. The summed E-state index contributed by atoms with van der Waals surface area (Å²) in [6, 6.07) is 9.41. The lowest BCUT2D eigenvalue weighted by Gasteiger charge is -2.20. The van der Waals surface area contributed by atoms with E-state index in [1.807, 2.05) is 11.4 Å². The number of thiophene rings is 1. The number of amides is 2. The number of nitrogens with zero attached hydrogens (tertiary/aromatic N) is 3. The molecule has 2 amide bonds. The van der Waals surface area contributed by atoms with E-state index >= 15 is 0 Å². The molecule has 0 unspecified atom stereocenters. The molecular weight excluding hydrogens is 411 g/mol. The Morgan fingerprint density at radius 1 is 1.27 bits per heavy atom. The van der Waals surface area contributed by atoms with Crippen LogP contribution in [0.5, 0.6) is 0 Å². The van der Waals surface area contributed by atoms with Crippen LogP contribution < -0.4 is 11.1 Å². The van der Waals surface area contributed by atoms with Crippen molar-refractivity contribution in [2.45, 2.75) is 26.4 Å². The van der Waals surface area contributed by atoms with Gasteiger partial charge in [-0.1, -0.05) is 18.2 Å². The Hall–Kier alpha value is -3.27. The molecule has 0 atom stereocenters. The zero-order valence-corrected chi connectivity index (χ0v) is 17.2. The van der Waals surface area contributed by atoms with Crippen molar-refractivity contribution in [3.8, 4) is 10.8 Å². The third-order valence-electron chi connectivity index (χ3n) is 4.35. The van der Waals surface area contributed by atoms with Gasteiger partial charge in [0.1, 0.15) is 5.82 Å². The van der Waals surface area contributed by atoms with Crippen LogP contribution in [0.25, 0.3) is 10.8 Å². The SMILES string of the molecule is CCN(CC(=O)NCc1ccc(F)cc1)C(=O)CCn1nc(-c2cccs2)oc1=O. The van der Waals surface area contributed by atoms with Crippen molar-refractivity contribution in [1.29, 1.82) is 0 Å². The van der Waals surface area contributed by atoms with E-state index in [1.54, 1.807) is 25.1 Å². The smallest absolute Gasteiger partial charge is 0.387 e. The lowest BCUT2D eigenvalue weighted by Crippen LogP contribution is -2.40. The standard InChI is InChI=1S/C20H21FN4O4S/c1-2-24(13-17(26)22-12-14-5-7-15(21)8-6-14)18(27)9-10-25-20(28)29-19(23-25)16-4-3-11-30-16/h3-8,11H,2,9-10,12-13H2,1H3,(H,22,26). The Balaban J connectivity index is 1.50. The maximum Gasteiger partial charge on any atom is 0.437 e. The van der Waals surface area contributed by atoms with Gasteiger partial charge in [-0.05, 0) is 36.1 Å². The normalized spacial score (nSPS) is 10.7. The largest absolute Gasteiger partial charge is 0.437 e. The van der Waals surface area contributed by atoms with Gasteiger partial charge in [0.05, 0.1) is 18.0 Å². The van der Waals surface area contributed by atoms with Gasteiger partial charge in [0.25, 0.3) is 5.89 Å². The third-order valence-corrected chi connectivity index (χ3v) is 5.21. The van der Waals surface area contributed by atoms with E-state index in [2.05, 4.69) is 10.4 Å². The van der Waals surface area contributed by atoms with E-state index in [1.165, 1.54) is 28.4 Å². The van der Waals surface area contributed by atoms with Gasteiger partial charge in [-0.3, -0.25) is 9.59 Å². The Morgan fingerprint density at radius 2 is 2.03 bits per heavy atom. The molecule has 0 radical (unpaired) electrons. The maximum atomic E-state index is 12.9. The summed E-state index contributed by atoms with van der Waals surface area (Å²) >= 11 is 1.39. The van der Waals surface area contributed by atoms with Crippen molar-refractivity contribution in [2.24, 2.45) is 0 Å². The minimum Gasteiger partial charge on any atom is -0.387 e. The van der Waals surface area contributed by atoms with Gasteiger partial charge < -0.3 is 14.6 Å². The highest BCUT2D eigenvalue weighted by Crippen LogP contribution is 2.21. The van der Waals surface area contributed by atoms with Gasteiger partial charge in [-0.2, -0.15) is 4.68 Å². The molecule has 10 heteroatoms. The first-order chi connectivity index (χ1) is 14.5. The molecule has 8 nitrogen and oxygen atoms in total. The highest BCUT2D eigenvalue weighted by atomic mass is 32.1. The van der Waals surface area contributed by atoms with Gasteiger partial charge in [-0.25, -0.2) is 9.18 Å². The van der Waals surface area contributed by atoms with Gasteiger partial charge in [-0.15, -0.1) is 16.4 Å². The highest BCUT2D eigenvalue weighted by molar-refractivity contribution is 7.13. The van der Waals surface area contributed by atoms with Crippen LogP contribution in [0.2, 0.25) is 0 Å². The molecule has 1 N–H and O–H groups in total. The minimum absolute atomic E-state index is 0.00933. The van der Waals surface area contributed by atoms with Crippen LogP contribution in [0, 0.1) is 5.82 Å². The van der Waals surface area contributed by atoms with Gasteiger partial charge in [0.15, 0.2) is 0 Å². The van der Waals surface area contributed by atoms with E-state index in [4.69, 9.17) is 4.42 Å². The zero-order chi connectivity index (χ0) is 21.5. The number of hydrogen-bond acceptors (Lipinski definition) is 6. The summed E-state index contributed by atoms with van der Waals surface area (Å²) in [4.78, 5) is 38.7. The van der Waals surface area contributed by atoms with Crippen LogP contribution in [0.4, 0.5) is 4.39 Å². The summed E-state index contributed by atoms with van der Waals surface area (Å²) in [5.74, 6) is -1.36. The highest BCUT2D eigenvalue weighted by Gasteiger charge is 2.17. The fraction of sp³-hybridized carbons (Fsp3) is 0.300. The fourth-order valence-corrected chi connectivity index (χ4v) is 3.36. The summed E-state index contributed by atoms with van der Waals surface area (Å²) in [6.45, 7) is 2.30. The van der Waals surface area contributed by atoms with Gasteiger partial charge in [0, 0.05) is 19.5 Å². The van der Waals surface area contributed by atoms with E-state index < -0.39 is 5.76 Å². The van der Waals surface area contributed by atoms with E-state index in [0.29, 0.717) is 6.54 Å².